The molecule has 0 unspecified atom stereocenters. The van der Waals surface area contributed by atoms with Gasteiger partial charge in [0.25, 0.3) is 5.56 Å². The van der Waals surface area contributed by atoms with Crippen molar-refractivity contribution in [1.29, 1.82) is 0 Å². The number of carbonyl (C=O) groups is 1. The van der Waals surface area contributed by atoms with Crippen LogP contribution in [0.5, 0.6) is 0 Å². The number of thiophene rings is 1. The fourth-order valence-corrected chi connectivity index (χ4v) is 2.78. The molecule has 0 saturated carbocycles. The van der Waals surface area contributed by atoms with Crippen molar-refractivity contribution in [2.45, 2.75) is 13.1 Å². The Balaban J connectivity index is 1.70. The SMILES string of the molecule is O=C(Cn1cnc2sccc2c1=O)NCc1ccccc1F. The minimum Gasteiger partial charge on any atom is -0.350 e. The molecular weight excluding hydrogens is 305 g/mol. The first-order chi connectivity index (χ1) is 10.6. The van der Waals surface area contributed by atoms with Crippen LogP contribution >= 0.6 is 11.3 Å². The second-order valence-electron chi connectivity index (χ2n) is 4.69. The maximum Gasteiger partial charge on any atom is 0.262 e. The fourth-order valence-electron chi connectivity index (χ4n) is 2.05. The highest BCUT2D eigenvalue weighted by Gasteiger charge is 2.09. The summed E-state index contributed by atoms with van der Waals surface area (Å²) in [5, 5.41) is 4.87. The average molecular weight is 317 g/mol. The first-order valence-corrected chi connectivity index (χ1v) is 7.46. The van der Waals surface area contributed by atoms with Crippen LogP contribution in [0.3, 0.4) is 0 Å². The van der Waals surface area contributed by atoms with Crippen LogP contribution in [0.2, 0.25) is 0 Å². The Bertz CT molecular complexity index is 888. The number of benzene rings is 1. The van der Waals surface area contributed by atoms with Gasteiger partial charge >= 0.3 is 0 Å². The van der Waals surface area contributed by atoms with Gasteiger partial charge in [-0.15, -0.1) is 11.3 Å². The van der Waals surface area contributed by atoms with Gasteiger partial charge in [0.15, 0.2) is 0 Å². The Labute approximate surface area is 129 Å². The Kier molecular flexibility index (Phi) is 3.97. The molecule has 1 N–H and O–H groups in total. The predicted molar refractivity (Wildman–Crippen MR) is 82.1 cm³/mol. The number of rotatable bonds is 4. The third kappa shape index (κ3) is 2.89. The van der Waals surface area contributed by atoms with Crippen molar-refractivity contribution in [1.82, 2.24) is 14.9 Å². The first kappa shape index (κ1) is 14.4. The molecule has 112 valence electrons. The fraction of sp³-hybridized carbons (Fsp3) is 0.133. The molecule has 7 heteroatoms. The third-order valence-electron chi connectivity index (χ3n) is 3.20. The molecule has 2 heterocycles. The molecule has 22 heavy (non-hydrogen) atoms. The largest absolute Gasteiger partial charge is 0.350 e. The molecular formula is C15H12FN3O2S. The van der Waals surface area contributed by atoms with E-state index in [9.17, 15) is 14.0 Å². The molecule has 0 aliphatic rings. The minimum atomic E-state index is -0.374. The van der Waals surface area contributed by atoms with Crippen molar-refractivity contribution in [3.05, 3.63) is 63.8 Å². The van der Waals surface area contributed by atoms with Crippen LogP contribution in [0.1, 0.15) is 5.56 Å². The normalized spacial score (nSPS) is 10.8. The zero-order valence-corrected chi connectivity index (χ0v) is 12.3. The second-order valence-corrected chi connectivity index (χ2v) is 5.58. The highest BCUT2D eigenvalue weighted by atomic mass is 32.1. The number of halogens is 1. The van der Waals surface area contributed by atoms with Crippen LogP contribution in [-0.4, -0.2) is 15.5 Å². The van der Waals surface area contributed by atoms with E-state index in [1.807, 2.05) is 0 Å². The summed E-state index contributed by atoms with van der Waals surface area (Å²) in [6, 6.07) is 7.90. The van der Waals surface area contributed by atoms with Crippen LogP contribution < -0.4 is 10.9 Å². The molecule has 5 nitrogen and oxygen atoms in total. The third-order valence-corrected chi connectivity index (χ3v) is 4.02. The van der Waals surface area contributed by atoms with E-state index in [-0.39, 0.29) is 30.4 Å². The topological polar surface area (TPSA) is 64.0 Å². The Morgan fingerprint density at radius 3 is 2.95 bits per heavy atom. The van der Waals surface area contributed by atoms with E-state index >= 15 is 0 Å². The number of carbonyl (C=O) groups excluding carboxylic acids is 1. The number of nitrogens with zero attached hydrogens (tertiary/aromatic N) is 2. The molecule has 0 bridgehead atoms. The number of hydrogen-bond donors (Lipinski definition) is 1. The van der Waals surface area contributed by atoms with E-state index in [2.05, 4.69) is 10.3 Å². The lowest BCUT2D eigenvalue weighted by atomic mass is 10.2. The van der Waals surface area contributed by atoms with Crippen molar-refractivity contribution in [3.63, 3.8) is 0 Å². The van der Waals surface area contributed by atoms with E-state index in [4.69, 9.17) is 0 Å². The molecule has 0 saturated heterocycles. The molecule has 0 fully saturated rings. The molecule has 2 aromatic heterocycles. The Morgan fingerprint density at radius 1 is 1.32 bits per heavy atom. The van der Waals surface area contributed by atoms with Crippen LogP contribution in [0.25, 0.3) is 10.2 Å². The van der Waals surface area contributed by atoms with E-state index in [0.29, 0.717) is 15.8 Å². The lowest BCUT2D eigenvalue weighted by molar-refractivity contribution is -0.121. The van der Waals surface area contributed by atoms with Crippen molar-refractivity contribution in [2.75, 3.05) is 0 Å². The summed E-state index contributed by atoms with van der Waals surface area (Å²) in [7, 11) is 0. The number of nitrogens with one attached hydrogen (secondary N) is 1. The number of aromatic nitrogens is 2. The molecule has 1 amide bonds. The molecule has 3 aromatic rings. The van der Waals surface area contributed by atoms with Gasteiger partial charge in [0.1, 0.15) is 17.2 Å². The standard InChI is InChI=1S/C15H12FN3O2S/c16-12-4-2-1-3-10(12)7-17-13(20)8-19-9-18-14-11(15(19)21)5-6-22-14/h1-6,9H,7-8H2,(H,17,20). The summed E-state index contributed by atoms with van der Waals surface area (Å²) >= 11 is 1.37. The summed E-state index contributed by atoms with van der Waals surface area (Å²) in [6.45, 7) is -0.0690. The monoisotopic (exact) mass is 317 g/mol. The average Bonchev–Trinajstić information content (AvgIpc) is 2.99. The molecule has 3 rings (SSSR count). The highest BCUT2D eigenvalue weighted by molar-refractivity contribution is 7.16. The van der Waals surface area contributed by atoms with E-state index in [1.165, 1.54) is 28.3 Å². The lowest BCUT2D eigenvalue weighted by Gasteiger charge is -2.08. The molecule has 0 aliphatic heterocycles. The molecule has 0 spiro atoms. The molecule has 0 aliphatic carbocycles. The quantitative estimate of drug-likeness (QED) is 0.799. The highest BCUT2D eigenvalue weighted by Crippen LogP contribution is 2.13. The van der Waals surface area contributed by atoms with Crippen LogP contribution in [0.4, 0.5) is 4.39 Å². The number of hydrogen-bond acceptors (Lipinski definition) is 4. The van der Waals surface area contributed by atoms with Gasteiger partial charge in [-0.25, -0.2) is 9.37 Å². The van der Waals surface area contributed by atoms with Gasteiger partial charge in [-0.2, -0.15) is 0 Å². The maximum atomic E-state index is 13.5. The van der Waals surface area contributed by atoms with Crippen molar-refractivity contribution < 1.29 is 9.18 Å². The van der Waals surface area contributed by atoms with Crippen LogP contribution in [0.15, 0.2) is 46.8 Å². The zero-order chi connectivity index (χ0) is 15.5. The number of fused-ring (bicyclic) bond motifs is 1. The predicted octanol–water partition coefficient (Wildman–Crippen LogP) is 1.91. The minimum absolute atomic E-state index is 0.0778. The van der Waals surface area contributed by atoms with Gasteiger partial charge in [-0.05, 0) is 17.5 Å². The smallest absolute Gasteiger partial charge is 0.262 e. The Morgan fingerprint density at radius 2 is 2.14 bits per heavy atom. The van der Waals surface area contributed by atoms with Gasteiger partial charge < -0.3 is 5.32 Å². The van der Waals surface area contributed by atoms with Gasteiger partial charge in [0.05, 0.1) is 11.7 Å². The molecule has 0 atom stereocenters. The lowest BCUT2D eigenvalue weighted by Crippen LogP contribution is -2.32. The number of amides is 1. The van der Waals surface area contributed by atoms with Crippen molar-refractivity contribution >= 4 is 27.5 Å². The van der Waals surface area contributed by atoms with Gasteiger partial charge in [0.2, 0.25) is 5.91 Å². The maximum absolute atomic E-state index is 13.5. The summed E-state index contributed by atoms with van der Waals surface area (Å²) in [6.07, 6.45) is 1.35. The van der Waals surface area contributed by atoms with Crippen molar-refractivity contribution in [2.24, 2.45) is 0 Å². The van der Waals surface area contributed by atoms with Crippen molar-refractivity contribution in [3.8, 4) is 0 Å². The first-order valence-electron chi connectivity index (χ1n) is 6.58. The second kappa shape index (κ2) is 6.07. The summed E-state index contributed by atoms with van der Waals surface area (Å²) in [5.74, 6) is -0.747. The zero-order valence-electron chi connectivity index (χ0n) is 11.5. The summed E-state index contributed by atoms with van der Waals surface area (Å²) in [4.78, 5) is 28.8. The van der Waals surface area contributed by atoms with Gasteiger partial charge in [-0.3, -0.25) is 14.2 Å². The van der Waals surface area contributed by atoms with E-state index < -0.39 is 0 Å². The van der Waals surface area contributed by atoms with Crippen LogP contribution in [-0.2, 0) is 17.9 Å². The Hall–Kier alpha value is -2.54. The summed E-state index contributed by atoms with van der Waals surface area (Å²) in [5.41, 5.74) is 0.141. The van der Waals surface area contributed by atoms with Gasteiger partial charge in [-0.1, -0.05) is 18.2 Å². The van der Waals surface area contributed by atoms with E-state index in [1.54, 1.807) is 29.6 Å². The van der Waals surface area contributed by atoms with Crippen LogP contribution in [0, 0.1) is 5.82 Å². The summed E-state index contributed by atoms with van der Waals surface area (Å²) < 4.78 is 14.7. The van der Waals surface area contributed by atoms with Gasteiger partial charge in [0, 0.05) is 12.1 Å². The molecule has 1 aromatic carbocycles. The molecule has 0 radical (unpaired) electrons. The van der Waals surface area contributed by atoms with E-state index in [0.717, 1.165) is 0 Å².